The summed E-state index contributed by atoms with van der Waals surface area (Å²) >= 11 is 1.79. The number of benzene rings is 2. The third-order valence-corrected chi connectivity index (χ3v) is 7.41. The number of fused-ring (bicyclic) bond motifs is 2. The van der Waals surface area contributed by atoms with Crippen LogP contribution >= 0.6 is 11.3 Å². The molecular formula is C24H29N3O4S. The molecule has 2 aromatic carbocycles. The molecule has 0 radical (unpaired) electrons. The number of thiazole rings is 1. The minimum absolute atomic E-state index is 0.161. The molecule has 0 saturated carbocycles. The van der Waals surface area contributed by atoms with Crippen LogP contribution in [0.3, 0.4) is 0 Å². The lowest BCUT2D eigenvalue weighted by Gasteiger charge is -2.37. The highest BCUT2D eigenvalue weighted by Crippen LogP contribution is 2.47. The Morgan fingerprint density at radius 1 is 1.06 bits per heavy atom. The van der Waals surface area contributed by atoms with Gasteiger partial charge in [-0.1, -0.05) is 23.5 Å². The lowest BCUT2D eigenvalue weighted by molar-refractivity contribution is -0.0260. The molecule has 0 N–H and O–H groups in total. The molecule has 0 aliphatic carbocycles. The van der Waals surface area contributed by atoms with Crippen LogP contribution < -0.4 is 23.8 Å². The van der Waals surface area contributed by atoms with Crippen molar-refractivity contribution < 1.29 is 18.9 Å². The minimum atomic E-state index is -0.161. The van der Waals surface area contributed by atoms with Crippen molar-refractivity contribution in [1.82, 2.24) is 9.88 Å². The van der Waals surface area contributed by atoms with Gasteiger partial charge in [0.05, 0.1) is 24.4 Å². The Balaban J connectivity index is 1.19. The van der Waals surface area contributed by atoms with Crippen LogP contribution in [-0.2, 0) is 0 Å². The van der Waals surface area contributed by atoms with Gasteiger partial charge in [0.15, 0.2) is 22.9 Å². The van der Waals surface area contributed by atoms with Crippen molar-refractivity contribution in [2.75, 3.05) is 52.4 Å². The molecule has 170 valence electrons. The van der Waals surface area contributed by atoms with E-state index in [4.69, 9.17) is 23.9 Å². The molecule has 1 saturated heterocycles. The molecule has 0 amide bonds. The number of para-hydroxylation sites is 1. The zero-order valence-corrected chi connectivity index (χ0v) is 19.6. The van der Waals surface area contributed by atoms with Crippen LogP contribution in [0.2, 0.25) is 0 Å². The molecule has 8 heteroatoms. The van der Waals surface area contributed by atoms with Crippen molar-refractivity contribution in [2.24, 2.45) is 5.92 Å². The molecule has 2 aliphatic rings. The fourth-order valence-electron chi connectivity index (χ4n) is 4.47. The molecule has 1 aromatic heterocycles. The quantitative estimate of drug-likeness (QED) is 0.550. The zero-order chi connectivity index (χ0) is 22.1. The fourth-order valence-corrected chi connectivity index (χ4v) is 5.48. The normalized spacial score (nSPS) is 18.9. The van der Waals surface area contributed by atoms with Gasteiger partial charge in [-0.2, -0.15) is 0 Å². The van der Waals surface area contributed by atoms with E-state index in [-0.39, 0.29) is 6.23 Å². The summed E-state index contributed by atoms with van der Waals surface area (Å²) in [5.74, 6) is 3.15. The predicted octanol–water partition coefficient (Wildman–Crippen LogP) is 4.26. The number of likely N-dealkylation sites (N-methyl/N-ethyl adjacent to an activating group) is 1. The number of nitrogens with zero attached hydrogens (tertiary/aromatic N) is 3. The molecule has 32 heavy (non-hydrogen) atoms. The molecule has 0 bridgehead atoms. The summed E-state index contributed by atoms with van der Waals surface area (Å²) in [6.45, 7) is 3.49. The van der Waals surface area contributed by atoms with Crippen molar-refractivity contribution in [2.45, 2.75) is 19.1 Å². The second-order valence-corrected chi connectivity index (χ2v) is 9.36. The highest BCUT2D eigenvalue weighted by atomic mass is 32.1. The molecule has 1 fully saturated rings. The van der Waals surface area contributed by atoms with Gasteiger partial charge in [-0.25, -0.2) is 4.98 Å². The third-order valence-electron chi connectivity index (χ3n) is 6.31. The Labute approximate surface area is 192 Å². The number of hydrogen-bond donors (Lipinski definition) is 0. The first-order valence-corrected chi connectivity index (χ1v) is 11.8. The van der Waals surface area contributed by atoms with Crippen LogP contribution in [-0.4, -0.2) is 63.6 Å². The summed E-state index contributed by atoms with van der Waals surface area (Å²) in [7, 11) is 5.37. The van der Waals surface area contributed by atoms with Crippen molar-refractivity contribution in [1.29, 1.82) is 0 Å². The van der Waals surface area contributed by atoms with Gasteiger partial charge >= 0.3 is 0 Å². The number of ether oxygens (including phenoxy) is 4. The minimum Gasteiger partial charge on any atom is -0.493 e. The van der Waals surface area contributed by atoms with E-state index in [1.54, 1.807) is 25.6 Å². The Morgan fingerprint density at radius 2 is 1.78 bits per heavy atom. The topological polar surface area (TPSA) is 56.3 Å². The van der Waals surface area contributed by atoms with Gasteiger partial charge in [0.1, 0.15) is 6.61 Å². The van der Waals surface area contributed by atoms with Crippen LogP contribution in [0.1, 0.15) is 12.8 Å². The lowest BCUT2D eigenvalue weighted by Crippen LogP contribution is -2.47. The molecule has 5 rings (SSSR count). The molecule has 7 nitrogen and oxygen atoms in total. The summed E-state index contributed by atoms with van der Waals surface area (Å²) in [5.41, 5.74) is 1.09. The Hall–Kier alpha value is -2.71. The second-order valence-electron chi connectivity index (χ2n) is 8.35. The average molecular weight is 456 g/mol. The monoisotopic (exact) mass is 455 g/mol. The van der Waals surface area contributed by atoms with Crippen LogP contribution in [0.4, 0.5) is 5.13 Å². The van der Waals surface area contributed by atoms with Gasteiger partial charge in [0, 0.05) is 19.6 Å². The highest BCUT2D eigenvalue weighted by molar-refractivity contribution is 7.22. The molecule has 2 aliphatic heterocycles. The highest BCUT2D eigenvalue weighted by Gasteiger charge is 2.32. The van der Waals surface area contributed by atoms with E-state index in [9.17, 15) is 0 Å². The van der Waals surface area contributed by atoms with Crippen LogP contribution in [0.15, 0.2) is 36.4 Å². The second kappa shape index (κ2) is 9.03. The van der Waals surface area contributed by atoms with E-state index in [0.29, 0.717) is 35.5 Å². The van der Waals surface area contributed by atoms with Gasteiger partial charge in [-0.05, 0) is 50.1 Å². The van der Waals surface area contributed by atoms with Gasteiger partial charge in [-0.15, -0.1) is 0 Å². The lowest BCUT2D eigenvalue weighted by atomic mass is 9.96. The number of anilines is 1. The summed E-state index contributed by atoms with van der Waals surface area (Å²) in [5, 5.41) is 1.14. The average Bonchev–Trinajstić information content (AvgIpc) is 3.27. The summed E-state index contributed by atoms with van der Waals surface area (Å²) in [6.07, 6.45) is 2.12. The number of methoxy groups -OCH3 is 2. The number of hydrogen-bond acceptors (Lipinski definition) is 8. The van der Waals surface area contributed by atoms with E-state index >= 15 is 0 Å². The van der Waals surface area contributed by atoms with Crippen molar-refractivity contribution >= 4 is 26.7 Å². The van der Waals surface area contributed by atoms with E-state index < -0.39 is 0 Å². The first-order chi connectivity index (χ1) is 15.7. The maximum Gasteiger partial charge on any atom is 0.209 e. The third kappa shape index (κ3) is 4.04. The standard InChI is InChI=1S/C24H29N3O4S/c1-26(21-15-30-22-18(28-2)8-9-19(29-3)23(22)31-21)14-16-10-12-27(13-11-16)24-25-17-6-4-5-7-20(17)32-24/h4-9,16,21H,10-15H2,1-3H3. The number of rotatable bonds is 6. The first kappa shape index (κ1) is 21.2. The van der Waals surface area contributed by atoms with E-state index in [1.807, 2.05) is 12.1 Å². The van der Waals surface area contributed by atoms with Crippen molar-refractivity contribution in [3.8, 4) is 23.0 Å². The van der Waals surface area contributed by atoms with Gasteiger partial charge in [0.25, 0.3) is 0 Å². The van der Waals surface area contributed by atoms with E-state index in [2.05, 4.69) is 41.1 Å². The molecular weight excluding hydrogens is 426 g/mol. The Morgan fingerprint density at radius 3 is 2.50 bits per heavy atom. The number of aromatic nitrogens is 1. The maximum atomic E-state index is 6.30. The smallest absolute Gasteiger partial charge is 0.209 e. The first-order valence-electron chi connectivity index (χ1n) is 11.0. The largest absolute Gasteiger partial charge is 0.493 e. The summed E-state index contributed by atoms with van der Waals surface area (Å²) in [6, 6.07) is 12.0. The van der Waals surface area contributed by atoms with Crippen LogP contribution in [0.25, 0.3) is 10.2 Å². The maximum absolute atomic E-state index is 6.30. The van der Waals surface area contributed by atoms with Gasteiger partial charge < -0.3 is 23.8 Å². The van der Waals surface area contributed by atoms with Crippen LogP contribution in [0.5, 0.6) is 23.0 Å². The Bertz CT molecular complexity index is 1050. The molecule has 0 spiro atoms. The van der Waals surface area contributed by atoms with Gasteiger partial charge in [-0.3, -0.25) is 4.90 Å². The zero-order valence-electron chi connectivity index (χ0n) is 18.7. The van der Waals surface area contributed by atoms with Crippen molar-refractivity contribution in [3.05, 3.63) is 36.4 Å². The number of piperidine rings is 1. The van der Waals surface area contributed by atoms with Gasteiger partial charge in [0.2, 0.25) is 11.5 Å². The fraction of sp³-hybridized carbons (Fsp3) is 0.458. The molecule has 3 aromatic rings. The SMILES string of the molecule is COc1ccc(OC)c2c1OCC(N(C)CC1CCN(c3nc4ccccc4s3)CC1)O2. The van der Waals surface area contributed by atoms with Crippen LogP contribution in [0, 0.1) is 5.92 Å². The Kier molecular flexibility index (Phi) is 5.97. The summed E-state index contributed by atoms with van der Waals surface area (Å²) in [4.78, 5) is 9.50. The predicted molar refractivity (Wildman–Crippen MR) is 127 cm³/mol. The summed E-state index contributed by atoms with van der Waals surface area (Å²) < 4.78 is 24.5. The van der Waals surface area contributed by atoms with Crippen molar-refractivity contribution in [3.63, 3.8) is 0 Å². The molecule has 1 atom stereocenters. The van der Waals surface area contributed by atoms with E-state index in [0.717, 1.165) is 43.1 Å². The van der Waals surface area contributed by atoms with E-state index in [1.165, 1.54) is 4.70 Å². The molecule has 1 unspecified atom stereocenters. The molecule has 3 heterocycles.